The highest BCUT2D eigenvalue weighted by Gasteiger charge is 2.02. The largest absolute Gasteiger partial charge is 0.356 e. The van der Waals surface area contributed by atoms with Crippen LogP contribution in [0.15, 0.2) is 41.7 Å². The number of halogens is 2. The summed E-state index contributed by atoms with van der Waals surface area (Å²) in [5.41, 5.74) is 4.61. The molecule has 0 aliphatic heterocycles. The third kappa shape index (κ3) is 6.97. The zero-order valence-electron chi connectivity index (χ0n) is 15.0. The van der Waals surface area contributed by atoms with Crippen LogP contribution < -0.4 is 10.6 Å². The molecule has 0 radical (unpaired) electrons. The molecule has 0 saturated heterocycles. The molecule has 0 fully saturated rings. The smallest absolute Gasteiger partial charge is 0.190 e. The molecule has 136 valence electrons. The number of aryl methyl sites for hydroxylation is 2. The quantitative estimate of drug-likeness (QED) is 0.398. The van der Waals surface area contributed by atoms with Crippen LogP contribution in [-0.2, 0) is 12.8 Å². The van der Waals surface area contributed by atoms with Gasteiger partial charge in [0.1, 0.15) is 5.82 Å². The van der Waals surface area contributed by atoms with Crippen molar-refractivity contribution in [2.75, 3.05) is 20.1 Å². The van der Waals surface area contributed by atoms with Crippen molar-refractivity contribution >= 4 is 29.9 Å². The molecular weight excluding hydrogens is 430 g/mol. The first-order chi connectivity index (χ1) is 11.6. The fourth-order valence-corrected chi connectivity index (χ4v) is 2.57. The van der Waals surface area contributed by atoms with E-state index in [-0.39, 0.29) is 29.8 Å². The van der Waals surface area contributed by atoms with E-state index in [4.69, 9.17) is 0 Å². The van der Waals surface area contributed by atoms with E-state index < -0.39 is 0 Å². The SMILES string of the molecule is CN=C(NCCc1ccncc1C)NCCc1ccc(F)cc1C.I. The normalized spacial score (nSPS) is 11.0. The van der Waals surface area contributed by atoms with Crippen LogP contribution in [0, 0.1) is 19.7 Å². The van der Waals surface area contributed by atoms with Crippen LogP contribution in [0.1, 0.15) is 22.3 Å². The average Bonchev–Trinajstić information content (AvgIpc) is 2.57. The van der Waals surface area contributed by atoms with Gasteiger partial charge >= 0.3 is 0 Å². The Labute approximate surface area is 166 Å². The molecule has 0 aliphatic carbocycles. The first kappa shape index (κ1) is 21.3. The number of hydrogen-bond donors (Lipinski definition) is 2. The Morgan fingerprint density at radius 2 is 1.68 bits per heavy atom. The van der Waals surface area contributed by atoms with Crippen LogP contribution in [0.25, 0.3) is 0 Å². The lowest BCUT2D eigenvalue weighted by Crippen LogP contribution is -2.39. The van der Waals surface area contributed by atoms with Gasteiger partial charge in [-0.2, -0.15) is 0 Å². The molecule has 0 atom stereocenters. The van der Waals surface area contributed by atoms with Gasteiger partial charge in [0.05, 0.1) is 0 Å². The molecule has 1 aromatic heterocycles. The van der Waals surface area contributed by atoms with Crippen molar-refractivity contribution in [2.24, 2.45) is 4.99 Å². The highest BCUT2D eigenvalue weighted by atomic mass is 127. The average molecular weight is 456 g/mol. The molecule has 6 heteroatoms. The second-order valence-corrected chi connectivity index (χ2v) is 5.80. The fourth-order valence-electron chi connectivity index (χ4n) is 2.57. The van der Waals surface area contributed by atoms with Crippen molar-refractivity contribution < 1.29 is 4.39 Å². The number of nitrogens with zero attached hydrogens (tertiary/aromatic N) is 2. The van der Waals surface area contributed by atoms with Gasteiger partial charge in [-0.05, 0) is 67.1 Å². The Bertz CT molecular complexity index is 704. The number of pyridine rings is 1. The highest BCUT2D eigenvalue weighted by Crippen LogP contribution is 2.10. The lowest BCUT2D eigenvalue weighted by Gasteiger charge is -2.13. The summed E-state index contributed by atoms with van der Waals surface area (Å²) in [6.45, 7) is 5.56. The number of nitrogens with one attached hydrogen (secondary N) is 2. The van der Waals surface area contributed by atoms with Crippen molar-refractivity contribution in [1.29, 1.82) is 0 Å². The lowest BCUT2D eigenvalue weighted by atomic mass is 10.1. The number of guanidine groups is 1. The number of aromatic nitrogens is 1. The van der Waals surface area contributed by atoms with E-state index >= 15 is 0 Å². The Kier molecular flexibility index (Phi) is 9.41. The molecule has 4 nitrogen and oxygen atoms in total. The summed E-state index contributed by atoms with van der Waals surface area (Å²) in [4.78, 5) is 8.34. The summed E-state index contributed by atoms with van der Waals surface area (Å²) in [6.07, 6.45) is 5.45. The third-order valence-corrected chi connectivity index (χ3v) is 4.04. The van der Waals surface area contributed by atoms with Gasteiger partial charge in [-0.25, -0.2) is 4.39 Å². The predicted molar refractivity (Wildman–Crippen MR) is 112 cm³/mol. The molecule has 0 bridgehead atoms. The molecule has 1 heterocycles. The second-order valence-electron chi connectivity index (χ2n) is 5.80. The maximum Gasteiger partial charge on any atom is 0.190 e. The maximum atomic E-state index is 13.1. The number of aliphatic imine (C=N–C) groups is 1. The van der Waals surface area contributed by atoms with Crippen LogP contribution in [0.2, 0.25) is 0 Å². The fraction of sp³-hybridized carbons (Fsp3) is 0.368. The van der Waals surface area contributed by atoms with Crippen LogP contribution in [0.3, 0.4) is 0 Å². The van der Waals surface area contributed by atoms with Crippen molar-refractivity contribution in [3.05, 3.63) is 64.7 Å². The van der Waals surface area contributed by atoms with Crippen molar-refractivity contribution in [3.63, 3.8) is 0 Å². The van der Waals surface area contributed by atoms with E-state index in [9.17, 15) is 4.39 Å². The topological polar surface area (TPSA) is 49.3 Å². The Morgan fingerprint density at radius 3 is 2.24 bits per heavy atom. The molecule has 2 aromatic rings. The Morgan fingerprint density at radius 1 is 1.04 bits per heavy atom. The number of benzene rings is 1. The zero-order valence-corrected chi connectivity index (χ0v) is 17.3. The van der Waals surface area contributed by atoms with E-state index in [2.05, 4.69) is 27.5 Å². The summed E-state index contributed by atoms with van der Waals surface area (Å²) in [6, 6.07) is 6.96. The van der Waals surface area contributed by atoms with E-state index in [1.807, 2.05) is 31.5 Å². The Hall–Kier alpha value is -1.70. The summed E-state index contributed by atoms with van der Waals surface area (Å²) in [5.74, 6) is 0.592. The van der Waals surface area contributed by atoms with Gasteiger partial charge in [0, 0.05) is 32.5 Å². The van der Waals surface area contributed by atoms with E-state index in [1.54, 1.807) is 13.1 Å². The maximum absolute atomic E-state index is 13.1. The standard InChI is InChI=1S/C19H25FN4.HI/c1-14-12-18(20)5-4-16(14)7-10-23-19(21-3)24-11-8-17-6-9-22-13-15(17)2;/h4-6,9,12-13H,7-8,10-11H2,1-3H3,(H2,21,23,24);1H. The second kappa shape index (κ2) is 11.0. The first-order valence-electron chi connectivity index (χ1n) is 8.19. The van der Waals surface area contributed by atoms with Gasteiger partial charge in [0.25, 0.3) is 0 Å². The summed E-state index contributed by atoms with van der Waals surface area (Å²) >= 11 is 0. The number of rotatable bonds is 6. The molecule has 0 aliphatic rings. The molecule has 0 saturated carbocycles. The van der Waals surface area contributed by atoms with Gasteiger partial charge in [-0.1, -0.05) is 6.07 Å². The van der Waals surface area contributed by atoms with Gasteiger partial charge in [0.15, 0.2) is 5.96 Å². The summed E-state index contributed by atoms with van der Waals surface area (Å²) < 4.78 is 13.1. The Balaban J connectivity index is 0.00000312. The van der Waals surface area contributed by atoms with Gasteiger partial charge in [0.2, 0.25) is 0 Å². The lowest BCUT2D eigenvalue weighted by molar-refractivity contribution is 0.625. The highest BCUT2D eigenvalue weighted by molar-refractivity contribution is 14.0. The third-order valence-electron chi connectivity index (χ3n) is 4.04. The molecule has 2 N–H and O–H groups in total. The minimum Gasteiger partial charge on any atom is -0.356 e. The monoisotopic (exact) mass is 456 g/mol. The minimum atomic E-state index is -0.187. The molecular formula is C19H26FIN4. The van der Waals surface area contributed by atoms with Gasteiger partial charge in [-0.3, -0.25) is 9.98 Å². The van der Waals surface area contributed by atoms with Crippen LogP contribution in [0.5, 0.6) is 0 Å². The van der Waals surface area contributed by atoms with Crippen molar-refractivity contribution in [1.82, 2.24) is 15.6 Å². The van der Waals surface area contributed by atoms with Gasteiger partial charge < -0.3 is 10.6 Å². The number of hydrogen-bond acceptors (Lipinski definition) is 2. The van der Waals surface area contributed by atoms with Crippen molar-refractivity contribution in [2.45, 2.75) is 26.7 Å². The van der Waals surface area contributed by atoms with E-state index in [0.29, 0.717) is 0 Å². The van der Waals surface area contributed by atoms with Crippen LogP contribution in [0.4, 0.5) is 4.39 Å². The molecule has 0 amide bonds. The van der Waals surface area contributed by atoms with E-state index in [0.717, 1.165) is 43.0 Å². The molecule has 2 rings (SSSR count). The zero-order chi connectivity index (χ0) is 17.4. The molecule has 1 aromatic carbocycles. The molecule has 0 unspecified atom stereocenters. The summed E-state index contributed by atoms with van der Waals surface area (Å²) in [7, 11) is 1.76. The van der Waals surface area contributed by atoms with Crippen molar-refractivity contribution in [3.8, 4) is 0 Å². The molecule has 0 spiro atoms. The van der Waals surface area contributed by atoms with Gasteiger partial charge in [-0.15, -0.1) is 24.0 Å². The van der Waals surface area contributed by atoms with Crippen LogP contribution >= 0.6 is 24.0 Å². The predicted octanol–water partition coefficient (Wildman–Crippen LogP) is 3.41. The first-order valence-corrected chi connectivity index (χ1v) is 8.19. The summed E-state index contributed by atoms with van der Waals surface area (Å²) in [5, 5.41) is 6.61. The molecule has 25 heavy (non-hydrogen) atoms. The van der Waals surface area contributed by atoms with E-state index in [1.165, 1.54) is 17.2 Å². The van der Waals surface area contributed by atoms with Crippen LogP contribution in [-0.4, -0.2) is 31.1 Å². The minimum absolute atomic E-state index is 0.